The van der Waals surface area contributed by atoms with E-state index in [1.54, 1.807) is 18.3 Å². The van der Waals surface area contributed by atoms with E-state index in [2.05, 4.69) is 15.0 Å². The zero-order valence-electron chi connectivity index (χ0n) is 23.4. The van der Waals surface area contributed by atoms with Crippen molar-refractivity contribution < 1.29 is 29.6 Å². The number of azide groups is 1. The van der Waals surface area contributed by atoms with E-state index >= 15 is 0 Å². The molecule has 2 heterocycles. The number of aliphatic hydroxyl groups is 2. The summed E-state index contributed by atoms with van der Waals surface area (Å²) in [5.74, 6) is -2.46. The van der Waals surface area contributed by atoms with Gasteiger partial charge in [-0.15, -0.1) is 11.3 Å². The molecule has 3 N–H and O–H groups in total. The summed E-state index contributed by atoms with van der Waals surface area (Å²) < 4.78 is 6.00. The summed E-state index contributed by atoms with van der Waals surface area (Å²) in [4.78, 5) is 31.4. The normalized spacial score (nSPS) is 23.6. The Hall–Kier alpha value is -2.30. The molecule has 1 aromatic rings. The van der Waals surface area contributed by atoms with Gasteiger partial charge in [-0.1, -0.05) is 44.8 Å². The van der Waals surface area contributed by atoms with Crippen LogP contribution in [0.1, 0.15) is 84.3 Å². The van der Waals surface area contributed by atoms with E-state index in [4.69, 9.17) is 15.4 Å². The van der Waals surface area contributed by atoms with Gasteiger partial charge in [0, 0.05) is 16.2 Å². The van der Waals surface area contributed by atoms with Gasteiger partial charge >= 0.3 is 5.97 Å². The zero-order valence-corrected chi connectivity index (χ0v) is 24.2. The van der Waals surface area contributed by atoms with Crippen molar-refractivity contribution >= 4 is 29.2 Å². The lowest BCUT2D eigenvalue weighted by atomic mass is 9.73. The lowest BCUT2D eigenvalue weighted by Gasteiger charge is -2.34. The van der Waals surface area contributed by atoms with Crippen LogP contribution in [0.25, 0.3) is 16.5 Å². The minimum absolute atomic E-state index is 0.0456. The van der Waals surface area contributed by atoms with Crippen LogP contribution in [0.4, 0.5) is 0 Å². The van der Waals surface area contributed by atoms with Crippen LogP contribution in [0.3, 0.4) is 0 Å². The fourth-order valence-corrected chi connectivity index (χ4v) is 5.51. The van der Waals surface area contributed by atoms with Gasteiger partial charge in [-0.2, -0.15) is 0 Å². The number of rotatable bonds is 16. The molecule has 1 fully saturated rings. The number of aromatic nitrogens is 1. The smallest absolute Gasteiger partial charge is 0.306 e. The number of aliphatic carboxylic acids is 1. The number of ketones is 1. The Bertz CT molecular complexity index is 1070. The third-order valence-electron chi connectivity index (χ3n) is 7.88. The van der Waals surface area contributed by atoms with Gasteiger partial charge in [-0.05, 0) is 57.6 Å². The van der Waals surface area contributed by atoms with Crippen LogP contribution < -0.4 is 0 Å². The van der Waals surface area contributed by atoms with Crippen molar-refractivity contribution in [3.05, 3.63) is 32.1 Å². The Labute approximate surface area is 228 Å². The maximum atomic E-state index is 13.0. The number of carbonyl (C=O) groups is 2. The van der Waals surface area contributed by atoms with Crippen LogP contribution in [-0.4, -0.2) is 62.0 Å². The molecule has 2 rings (SSSR count). The molecule has 1 saturated heterocycles. The van der Waals surface area contributed by atoms with Crippen LogP contribution in [0.15, 0.2) is 16.1 Å². The van der Waals surface area contributed by atoms with Crippen LogP contribution in [-0.2, 0) is 14.3 Å². The Morgan fingerprint density at radius 1 is 1.37 bits per heavy atom. The van der Waals surface area contributed by atoms with Crippen LogP contribution in [0.2, 0.25) is 0 Å². The number of aryl methyl sites for hydroxylation is 1. The minimum atomic E-state index is -1.33. The highest BCUT2D eigenvalue weighted by Crippen LogP contribution is 2.45. The van der Waals surface area contributed by atoms with Gasteiger partial charge in [0.05, 0.1) is 52.5 Å². The molecule has 0 radical (unpaired) electrons. The molecule has 0 aliphatic carbocycles. The molecule has 1 aromatic heterocycles. The van der Waals surface area contributed by atoms with E-state index in [1.807, 2.05) is 39.2 Å². The molecule has 1 unspecified atom stereocenters. The number of carbonyl (C=O) groups excluding carboxylic acids is 1. The first kappa shape index (κ1) is 31.9. The van der Waals surface area contributed by atoms with E-state index in [0.29, 0.717) is 12.8 Å². The predicted molar refractivity (Wildman–Crippen MR) is 147 cm³/mol. The quantitative estimate of drug-likeness (QED) is 0.108. The number of carboxylic acid groups (broad SMARTS) is 1. The Morgan fingerprint density at radius 3 is 2.58 bits per heavy atom. The number of aliphatic hydroxyl groups excluding tert-OH is 2. The van der Waals surface area contributed by atoms with Gasteiger partial charge in [-0.25, -0.2) is 4.98 Å². The van der Waals surface area contributed by atoms with Crippen molar-refractivity contribution in [2.45, 2.75) is 111 Å². The Morgan fingerprint density at radius 2 is 2.03 bits per heavy atom. The number of ether oxygens (including phenoxy) is 1. The fourth-order valence-electron chi connectivity index (χ4n) is 4.94. The highest BCUT2D eigenvalue weighted by molar-refractivity contribution is 7.09. The number of epoxide rings is 1. The van der Waals surface area contributed by atoms with E-state index < -0.39 is 35.9 Å². The van der Waals surface area contributed by atoms with Crippen LogP contribution >= 0.6 is 11.3 Å². The summed E-state index contributed by atoms with van der Waals surface area (Å²) in [6.45, 7) is 12.4. The third kappa shape index (κ3) is 8.35. The minimum Gasteiger partial charge on any atom is -0.481 e. The van der Waals surface area contributed by atoms with E-state index in [-0.39, 0.29) is 29.4 Å². The summed E-state index contributed by atoms with van der Waals surface area (Å²) in [5.41, 5.74) is 9.22. The standard InChI is InChI=1S/C27H42N4O6S/c1-15(24(35)17(3)25(36)26(5,6)21(32)13-23(33)34)9-8-10-27(7)22(37-27)12-20(30-31-28)16(2)11-19-14-38-18(4)29-19/h11,14-15,17,20-22,24,32,35H,8-10,12-13H2,1-7H3,(H,33,34)/b16-11+/t15-,17+,20-,21-,22?,24-,27+/m0/s1. The number of nitrogens with zero attached hydrogens (tertiary/aromatic N) is 4. The van der Waals surface area contributed by atoms with Crippen molar-refractivity contribution in [3.8, 4) is 0 Å². The van der Waals surface area contributed by atoms with Gasteiger partial charge < -0.3 is 20.1 Å². The lowest BCUT2D eigenvalue weighted by Crippen LogP contribution is -2.45. The van der Waals surface area contributed by atoms with Gasteiger partial charge in [0.2, 0.25) is 0 Å². The number of carboxylic acids is 1. The monoisotopic (exact) mass is 550 g/mol. The van der Waals surface area contributed by atoms with Crippen molar-refractivity contribution in [2.24, 2.45) is 22.4 Å². The highest BCUT2D eigenvalue weighted by atomic mass is 32.1. The summed E-state index contributed by atoms with van der Waals surface area (Å²) in [6, 6.07) is -0.332. The zero-order chi connectivity index (χ0) is 28.8. The Balaban J connectivity index is 1.88. The first-order valence-corrected chi connectivity index (χ1v) is 13.9. The second kappa shape index (κ2) is 13.2. The number of hydrogen-bond acceptors (Lipinski definition) is 8. The molecule has 0 bridgehead atoms. The molecule has 0 saturated carbocycles. The summed E-state index contributed by atoms with van der Waals surface area (Å²) in [7, 11) is 0. The molecule has 1 aliphatic rings. The predicted octanol–water partition coefficient (Wildman–Crippen LogP) is 5.32. The van der Waals surface area contributed by atoms with Crippen molar-refractivity contribution in [1.82, 2.24) is 4.98 Å². The van der Waals surface area contributed by atoms with E-state index in [9.17, 15) is 19.8 Å². The fraction of sp³-hybridized carbons (Fsp3) is 0.741. The molecule has 38 heavy (non-hydrogen) atoms. The maximum Gasteiger partial charge on any atom is 0.306 e. The molecule has 11 heteroatoms. The van der Waals surface area contributed by atoms with Crippen LogP contribution in [0.5, 0.6) is 0 Å². The van der Waals surface area contributed by atoms with Crippen molar-refractivity contribution in [2.75, 3.05) is 0 Å². The molecule has 0 spiro atoms. The first-order valence-electron chi connectivity index (χ1n) is 13.1. The molecule has 0 amide bonds. The number of Topliss-reactive ketones (excluding diaryl/α,β-unsaturated/α-hetero) is 1. The topological polar surface area (TPSA) is 169 Å². The SMILES string of the molecule is C/C(=C\c1csc(C)n1)[C@H](CC1O[C@]1(C)CCC[C@H](C)[C@H](O)[C@@H](C)C(=O)C(C)(C)[C@@H](O)CC(=O)O)N=[N+]=[N-]. The third-order valence-corrected chi connectivity index (χ3v) is 8.67. The lowest BCUT2D eigenvalue weighted by molar-refractivity contribution is -0.147. The van der Waals surface area contributed by atoms with Crippen molar-refractivity contribution in [1.29, 1.82) is 0 Å². The van der Waals surface area contributed by atoms with Gasteiger partial charge in [-0.3, -0.25) is 9.59 Å². The summed E-state index contributed by atoms with van der Waals surface area (Å²) in [6.07, 6.45) is 1.89. The maximum absolute atomic E-state index is 13.0. The van der Waals surface area contributed by atoms with Crippen molar-refractivity contribution in [3.63, 3.8) is 0 Å². The Kier molecular flexibility index (Phi) is 11.1. The summed E-state index contributed by atoms with van der Waals surface area (Å²) >= 11 is 1.57. The van der Waals surface area contributed by atoms with Crippen LogP contribution in [0, 0.1) is 24.2 Å². The van der Waals surface area contributed by atoms with Gasteiger partial charge in [0.25, 0.3) is 0 Å². The highest BCUT2D eigenvalue weighted by Gasteiger charge is 2.52. The summed E-state index contributed by atoms with van der Waals surface area (Å²) in [5, 5.41) is 36.9. The molecule has 212 valence electrons. The second-order valence-corrected chi connectivity index (χ2v) is 12.5. The average molecular weight is 551 g/mol. The number of hydrogen-bond donors (Lipinski definition) is 3. The molecular weight excluding hydrogens is 508 g/mol. The second-order valence-electron chi connectivity index (χ2n) is 11.4. The largest absolute Gasteiger partial charge is 0.481 e. The number of thiazole rings is 1. The van der Waals surface area contributed by atoms with Gasteiger partial charge in [0.1, 0.15) is 5.78 Å². The van der Waals surface area contributed by atoms with Gasteiger partial charge in [0.15, 0.2) is 0 Å². The molecule has 1 aliphatic heterocycles. The average Bonchev–Trinajstić information content (AvgIpc) is 3.28. The van der Waals surface area contributed by atoms with E-state index in [1.165, 1.54) is 13.8 Å². The van der Waals surface area contributed by atoms with E-state index in [0.717, 1.165) is 29.1 Å². The molecule has 0 aromatic carbocycles. The first-order chi connectivity index (χ1) is 17.6. The molecular formula is C27H42N4O6S. The molecule has 7 atom stereocenters. The molecule has 10 nitrogen and oxygen atoms in total.